The second-order valence-electron chi connectivity index (χ2n) is 4.57. The van der Waals surface area contributed by atoms with Gasteiger partial charge in [0, 0.05) is 29.7 Å². The summed E-state index contributed by atoms with van der Waals surface area (Å²) in [5, 5.41) is 6.04. The number of carbonyl (C=O) groups is 2. The van der Waals surface area contributed by atoms with E-state index in [4.69, 9.17) is 11.6 Å². The van der Waals surface area contributed by atoms with E-state index >= 15 is 0 Å². The highest BCUT2D eigenvalue weighted by atomic mass is 35.5. The quantitative estimate of drug-likeness (QED) is 0.911. The molecule has 108 valence electrons. The Labute approximate surface area is 128 Å². The van der Waals surface area contributed by atoms with E-state index in [-0.39, 0.29) is 11.8 Å². The van der Waals surface area contributed by atoms with Crippen LogP contribution in [0.1, 0.15) is 22.8 Å². The molecule has 4 nitrogen and oxygen atoms in total. The second kappa shape index (κ2) is 6.90. The van der Waals surface area contributed by atoms with Gasteiger partial charge >= 0.3 is 0 Å². The van der Waals surface area contributed by atoms with Gasteiger partial charge in [-0.15, -0.1) is 0 Å². The SMILES string of the molecule is CC(=O)Nc1ccc(CNC(=O)c2cccc(Cl)c2)cc1. The Morgan fingerprint density at radius 1 is 1.10 bits per heavy atom. The van der Waals surface area contributed by atoms with Crippen molar-refractivity contribution in [1.82, 2.24) is 5.32 Å². The van der Waals surface area contributed by atoms with Crippen molar-refractivity contribution in [3.63, 3.8) is 0 Å². The first-order valence-corrected chi connectivity index (χ1v) is 6.83. The molecule has 0 fully saturated rings. The van der Waals surface area contributed by atoms with Gasteiger partial charge in [0.05, 0.1) is 0 Å². The molecule has 0 aromatic heterocycles. The number of hydrogen-bond acceptors (Lipinski definition) is 2. The average Bonchev–Trinajstić information content (AvgIpc) is 2.45. The molecular weight excluding hydrogens is 288 g/mol. The molecule has 5 heteroatoms. The first-order chi connectivity index (χ1) is 10.0. The lowest BCUT2D eigenvalue weighted by molar-refractivity contribution is -0.114. The van der Waals surface area contributed by atoms with E-state index < -0.39 is 0 Å². The van der Waals surface area contributed by atoms with Crippen molar-refractivity contribution in [1.29, 1.82) is 0 Å². The number of nitrogens with one attached hydrogen (secondary N) is 2. The van der Waals surface area contributed by atoms with Gasteiger partial charge in [0.1, 0.15) is 0 Å². The minimum atomic E-state index is -0.177. The molecule has 0 aliphatic carbocycles. The van der Waals surface area contributed by atoms with Crippen molar-refractivity contribution in [2.45, 2.75) is 13.5 Å². The minimum Gasteiger partial charge on any atom is -0.348 e. The topological polar surface area (TPSA) is 58.2 Å². The summed E-state index contributed by atoms with van der Waals surface area (Å²) in [5.74, 6) is -0.291. The van der Waals surface area contributed by atoms with Crippen LogP contribution in [-0.4, -0.2) is 11.8 Å². The van der Waals surface area contributed by atoms with E-state index in [9.17, 15) is 9.59 Å². The zero-order valence-corrected chi connectivity index (χ0v) is 12.3. The van der Waals surface area contributed by atoms with Crippen LogP contribution in [0, 0.1) is 0 Å². The molecule has 0 saturated heterocycles. The molecule has 2 aromatic rings. The van der Waals surface area contributed by atoms with E-state index in [0.29, 0.717) is 17.1 Å². The summed E-state index contributed by atoms with van der Waals surface area (Å²) < 4.78 is 0. The summed E-state index contributed by atoms with van der Waals surface area (Å²) in [5.41, 5.74) is 2.20. The number of carbonyl (C=O) groups excluding carboxylic acids is 2. The van der Waals surface area contributed by atoms with Crippen LogP contribution >= 0.6 is 11.6 Å². The molecule has 2 N–H and O–H groups in total. The summed E-state index contributed by atoms with van der Waals surface area (Å²) in [7, 11) is 0. The van der Waals surface area contributed by atoms with Crippen molar-refractivity contribution in [2.75, 3.05) is 5.32 Å². The predicted octanol–water partition coefficient (Wildman–Crippen LogP) is 3.23. The molecule has 0 aliphatic heterocycles. The second-order valence-corrected chi connectivity index (χ2v) is 5.01. The van der Waals surface area contributed by atoms with E-state index in [0.717, 1.165) is 11.3 Å². The number of amides is 2. The number of rotatable bonds is 4. The summed E-state index contributed by atoms with van der Waals surface area (Å²) in [6, 6.07) is 14.1. The molecule has 2 amide bonds. The summed E-state index contributed by atoms with van der Waals surface area (Å²) in [6.07, 6.45) is 0. The number of benzene rings is 2. The van der Waals surface area contributed by atoms with E-state index in [1.165, 1.54) is 6.92 Å². The molecule has 21 heavy (non-hydrogen) atoms. The van der Waals surface area contributed by atoms with Crippen molar-refractivity contribution >= 4 is 29.1 Å². The van der Waals surface area contributed by atoms with E-state index in [1.54, 1.807) is 36.4 Å². The summed E-state index contributed by atoms with van der Waals surface area (Å²) in [4.78, 5) is 22.9. The first kappa shape index (κ1) is 15.1. The maximum absolute atomic E-state index is 12.0. The van der Waals surface area contributed by atoms with Crippen LogP contribution < -0.4 is 10.6 Å². The standard InChI is InChI=1S/C16H15ClN2O2/c1-11(20)19-15-7-5-12(6-8-15)10-18-16(21)13-3-2-4-14(17)9-13/h2-9H,10H2,1H3,(H,18,21)(H,19,20). The van der Waals surface area contributed by atoms with Crippen LogP contribution in [-0.2, 0) is 11.3 Å². The fraction of sp³-hybridized carbons (Fsp3) is 0.125. The number of anilines is 1. The monoisotopic (exact) mass is 302 g/mol. The fourth-order valence-corrected chi connectivity index (χ4v) is 2.01. The van der Waals surface area contributed by atoms with Gasteiger partial charge in [-0.25, -0.2) is 0 Å². The number of halogens is 1. The zero-order valence-electron chi connectivity index (χ0n) is 11.5. The van der Waals surface area contributed by atoms with Gasteiger partial charge in [-0.1, -0.05) is 29.8 Å². The van der Waals surface area contributed by atoms with Crippen molar-refractivity contribution in [2.24, 2.45) is 0 Å². The van der Waals surface area contributed by atoms with E-state index in [1.807, 2.05) is 12.1 Å². The Bertz CT molecular complexity index is 654. The molecule has 0 atom stereocenters. The maximum Gasteiger partial charge on any atom is 0.251 e. The summed E-state index contributed by atoms with van der Waals surface area (Å²) in [6.45, 7) is 1.87. The van der Waals surface area contributed by atoms with Gasteiger partial charge in [0.15, 0.2) is 0 Å². The highest BCUT2D eigenvalue weighted by molar-refractivity contribution is 6.30. The Kier molecular flexibility index (Phi) is 4.95. The van der Waals surface area contributed by atoms with Gasteiger partial charge in [-0.2, -0.15) is 0 Å². The van der Waals surface area contributed by atoms with Crippen LogP contribution in [0.3, 0.4) is 0 Å². The Balaban J connectivity index is 1.93. The molecular formula is C16H15ClN2O2. The third-order valence-electron chi connectivity index (χ3n) is 2.81. The molecule has 0 spiro atoms. The van der Waals surface area contributed by atoms with Crippen LogP contribution in [0.4, 0.5) is 5.69 Å². The minimum absolute atomic E-state index is 0.114. The summed E-state index contributed by atoms with van der Waals surface area (Å²) >= 11 is 5.85. The van der Waals surface area contributed by atoms with Gasteiger partial charge in [0.25, 0.3) is 5.91 Å². The highest BCUT2D eigenvalue weighted by Crippen LogP contribution is 2.12. The van der Waals surface area contributed by atoms with Gasteiger partial charge in [-0.3, -0.25) is 9.59 Å². The predicted molar refractivity (Wildman–Crippen MR) is 83.4 cm³/mol. The van der Waals surface area contributed by atoms with Crippen LogP contribution in [0.2, 0.25) is 5.02 Å². The maximum atomic E-state index is 12.0. The van der Waals surface area contributed by atoms with Crippen molar-refractivity contribution in [3.8, 4) is 0 Å². The Hall–Kier alpha value is -2.33. The fourth-order valence-electron chi connectivity index (χ4n) is 1.82. The molecule has 0 unspecified atom stereocenters. The third-order valence-corrected chi connectivity index (χ3v) is 3.05. The van der Waals surface area contributed by atoms with Gasteiger partial charge < -0.3 is 10.6 Å². The van der Waals surface area contributed by atoms with Crippen LogP contribution in [0.25, 0.3) is 0 Å². The molecule has 0 heterocycles. The molecule has 2 aromatic carbocycles. The lowest BCUT2D eigenvalue weighted by Crippen LogP contribution is -2.22. The third kappa shape index (κ3) is 4.61. The van der Waals surface area contributed by atoms with Gasteiger partial charge in [-0.05, 0) is 35.9 Å². The number of hydrogen-bond donors (Lipinski definition) is 2. The van der Waals surface area contributed by atoms with Crippen LogP contribution in [0.15, 0.2) is 48.5 Å². The lowest BCUT2D eigenvalue weighted by atomic mass is 10.2. The van der Waals surface area contributed by atoms with E-state index in [2.05, 4.69) is 10.6 Å². The molecule has 0 saturated carbocycles. The smallest absolute Gasteiger partial charge is 0.251 e. The highest BCUT2D eigenvalue weighted by Gasteiger charge is 2.05. The molecule has 0 bridgehead atoms. The Morgan fingerprint density at radius 2 is 1.81 bits per heavy atom. The normalized spacial score (nSPS) is 10.0. The molecule has 2 rings (SSSR count). The zero-order chi connectivity index (χ0) is 15.2. The van der Waals surface area contributed by atoms with Gasteiger partial charge in [0.2, 0.25) is 5.91 Å². The molecule has 0 aliphatic rings. The molecule has 0 radical (unpaired) electrons. The van der Waals surface area contributed by atoms with Crippen molar-refractivity contribution in [3.05, 3.63) is 64.7 Å². The lowest BCUT2D eigenvalue weighted by Gasteiger charge is -2.07. The average molecular weight is 303 g/mol. The Morgan fingerprint density at radius 3 is 2.43 bits per heavy atom. The van der Waals surface area contributed by atoms with Crippen molar-refractivity contribution < 1.29 is 9.59 Å². The van der Waals surface area contributed by atoms with Crippen LogP contribution in [0.5, 0.6) is 0 Å². The largest absolute Gasteiger partial charge is 0.348 e. The first-order valence-electron chi connectivity index (χ1n) is 6.45.